The molecule has 29 heavy (non-hydrogen) atoms. The molecular weight excluding hydrogens is 394 g/mol. The van der Waals surface area contributed by atoms with Crippen molar-refractivity contribution in [2.75, 3.05) is 0 Å². The second-order valence-electron chi connectivity index (χ2n) is 9.84. The molecule has 0 aromatic carbocycles. The third-order valence-corrected chi connectivity index (χ3v) is 11.2. The van der Waals surface area contributed by atoms with Gasteiger partial charge in [-0.15, -0.1) is 11.3 Å². The van der Waals surface area contributed by atoms with Crippen LogP contribution in [-0.4, -0.2) is 25.7 Å². The van der Waals surface area contributed by atoms with Crippen molar-refractivity contribution in [1.82, 2.24) is 4.98 Å². The molecule has 164 valence electrons. The lowest BCUT2D eigenvalue weighted by Gasteiger charge is -2.39. The van der Waals surface area contributed by atoms with Crippen LogP contribution in [0.25, 0.3) is 6.08 Å². The summed E-state index contributed by atoms with van der Waals surface area (Å²) in [5.74, 6) is 0.157. The average molecular weight is 436 g/mol. The Balaban J connectivity index is 2.94. The Bertz CT molecular complexity index is 713. The number of aromatic nitrogens is 1. The molecule has 0 saturated carbocycles. The van der Waals surface area contributed by atoms with Crippen LogP contribution in [0.4, 0.5) is 0 Å². The van der Waals surface area contributed by atoms with E-state index in [2.05, 4.69) is 70.2 Å². The van der Waals surface area contributed by atoms with Gasteiger partial charge in [0.2, 0.25) is 0 Å². The number of carbonyl (C=O) groups excluding carboxylic acids is 1. The van der Waals surface area contributed by atoms with E-state index in [9.17, 15) is 4.79 Å². The molecule has 3 nitrogen and oxygen atoms in total. The monoisotopic (exact) mass is 435 g/mol. The first-order valence-electron chi connectivity index (χ1n) is 10.7. The van der Waals surface area contributed by atoms with Crippen LogP contribution in [-0.2, 0) is 9.22 Å². The maximum absolute atomic E-state index is 10.8. The second kappa shape index (κ2) is 11.4. The number of thiazole rings is 1. The third-order valence-electron chi connectivity index (χ3n) is 5.91. The fourth-order valence-electron chi connectivity index (χ4n) is 2.81. The van der Waals surface area contributed by atoms with E-state index in [1.54, 1.807) is 11.3 Å². The summed E-state index contributed by atoms with van der Waals surface area (Å²) in [6, 6.07) is 0. The molecule has 0 bridgehead atoms. The number of aldehydes is 1. The second-order valence-corrected chi connectivity index (χ2v) is 15.7. The van der Waals surface area contributed by atoms with E-state index in [1.165, 1.54) is 11.1 Å². The topological polar surface area (TPSA) is 39.2 Å². The van der Waals surface area contributed by atoms with Crippen LogP contribution in [0.15, 0.2) is 22.6 Å². The summed E-state index contributed by atoms with van der Waals surface area (Å²) >= 11 is 1.68. The Hall–Kier alpha value is -1.04. The van der Waals surface area contributed by atoms with E-state index in [0.717, 1.165) is 42.7 Å². The maximum Gasteiger partial charge on any atom is 0.192 e. The summed E-state index contributed by atoms with van der Waals surface area (Å²) < 4.78 is 6.81. The van der Waals surface area contributed by atoms with Crippen molar-refractivity contribution < 1.29 is 9.22 Å². The number of allylic oxidation sites excluding steroid dienone is 1. The summed E-state index contributed by atoms with van der Waals surface area (Å²) in [5.41, 5.74) is 3.64. The zero-order valence-electron chi connectivity index (χ0n) is 20.0. The minimum absolute atomic E-state index is 0.0711. The van der Waals surface area contributed by atoms with E-state index < -0.39 is 8.32 Å². The van der Waals surface area contributed by atoms with Crippen molar-refractivity contribution in [3.63, 3.8) is 0 Å². The van der Waals surface area contributed by atoms with Gasteiger partial charge in [0.15, 0.2) is 8.32 Å². The van der Waals surface area contributed by atoms with Gasteiger partial charge in [-0.25, -0.2) is 4.98 Å². The zero-order valence-corrected chi connectivity index (χ0v) is 21.8. The highest BCUT2D eigenvalue weighted by molar-refractivity contribution is 7.09. The largest absolute Gasteiger partial charge is 0.410 e. The molecule has 0 saturated heterocycles. The molecule has 5 heteroatoms. The van der Waals surface area contributed by atoms with Crippen LogP contribution in [0.2, 0.25) is 18.1 Å². The predicted molar refractivity (Wildman–Crippen MR) is 130 cm³/mol. The molecule has 0 unspecified atom stereocenters. The molecule has 0 radical (unpaired) electrons. The van der Waals surface area contributed by atoms with Crippen molar-refractivity contribution in [2.45, 2.75) is 98.4 Å². The van der Waals surface area contributed by atoms with Crippen LogP contribution < -0.4 is 0 Å². The van der Waals surface area contributed by atoms with Gasteiger partial charge >= 0.3 is 0 Å². The van der Waals surface area contributed by atoms with Crippen LogP contribution in [0.3, 0.4) is 0 Å². The van der Waals surface area contributed by atoms with Gasteiger partial charge in [-0.2, -0.15) is 0 Å². The number of nitrogens with zero attached hydrogens (tertiary/aromatic N) is 1. The quantitative estimate of drug-likeness (QED) is 0.204. The van der Waals surface area contributed by atoms with Gasteiger partial charge in [-0.05, 0) is 76.2 Å². The SMILES string of the molecule is C/C(=C\C[C@H](O[Si](C)(C)C(C)(C)C)/C(C)=C/c1csc(C)n1)CCC[C@H](C)C=O. The van der Waals surface area contributed by atoms with Gasteiger partial charge in [0.05, 0.1) is 16.8 Å². The molecule has 0 spiro atoms. The first kappa shape index (κ1) is 26.0. The smallest absolute Gasteiger partial charge is 0.192 e. The van der Waals surface area contributed by atoms with Crippen molar-refractivity contribution in [3.05, 3.63) is 33.3 Å². The molecule has 0 amide bonds. The first-order valence-corrected chi connectivity index (χ1v) is 14.5. The molecule has 0 aliphatic carbocycles. The number of carbonyl (C=O) groups is 1. The Morgan fingerprint density at radius 3 is 2.48 bits per heavy atom. The average Bonchev–Trinajstić information content (AvgIpc) is 3.01. The minimum Gasteiger partial charge on any atom is -0.410 e. The van der Waals surface area contributed by atoms with Gasteiger partial charge in [-0.3, -0.25) is 0 Å². The van der Waals surface area contributed by atoms with Crippen LogP contribution >= 0.6 is 11.3 Å². The number of rotatable bonds is 11. The van der Waals surface area contributed by atoms with E-state index in [-0.39, 0.29) is 17.1 Å². The minimum atomic E-state index is -1.89. The first-order chi connectivity index (χ1) is 13.4. The molecule has 0 aliphatic rings. The molecule has 0 fully saturated rings. The maximum atomic E-state index is 10.8. The molecule has 0 aliphatic heterocycles. The summed E-state index contributed by atoms with van der Waals surface area (Å²) in [6.07, 6.45) is 9.57. The molecule has 0 N–H and O–H groups in total. The van der Waals surface area contributed by atoms with Crippen molar-refractivity contribution in [2.24, 2.45) is 5.92 Å². The standard InChI is InChI=1S/C24H41NO2SSi/c1-18(11-10-12-19(2)16-26)13-14-23(27-29(8,9)24(5,6)7)20(3)15-22-17-28-21(4)25-22/h13,15-17,19,23H,10-12,14H2,1-9H3/b18-13+,20-15+/t19-,23-/m0/s1. The van der Waals surface area contributed by atoms with E-state index in [1.807, 2.05) is 13.8 Å². The molecule has 1 aromatic heterocycles. The summed E-state index contributed by atoms with van der Waals surface area (Å²) in [7, 11) is -1.89. The highest BCUT2D eigenvalue weighted by Crippen LogP contribution is 2.38. The Labute approximate surface area is 183 Å². The highest BCUT2D eigenvalue weighted by atomic mass is 32.1. The zero-order chi connectivity index (χ0) is 22.2. The molecule has 1 rings (SSSR count). The predicted octanol–water partition coefficient (Wildman–Crippen LogP) is 7.59. The van der Waals surface area contributed by atoms with Gasteiger partial charge in [0, 0.05) is 11.3 Å². The highest BCUT2D eigenvalue weighted by Gasteiger charge is 2.39. The normalized spacial score (nSPS) is 16.0. The van der Waals surface area contributed by atoms with Gasteiger partial charge < -0.3 is 9.22 Å². The molecule has 2 atom stereocenters. The van der Waals surface area contributed by atoms with E-state index in [4.69, 9.17) is 4.43 Å². The Morgan fingerprint density at radius 2 is 1.97 bits per heavy atom. The van der Waals surface area contributed by atoms with Crippen molar-refractivity contribution in [1.29, 1.82) is 0 Å². The number of aryl methyl sites for hydroxylation is 1. The fourth-order valence-corrected chi connectivity index (χ4v) is 4.73. The fraction of sp³-hybridized carbons (Fsp3) is 0.667. The van der Waals surface area contributed by atoms with Crippen LogP contribution in [0, 0.1) is 12.8 Å². The Kier molecular flexibility index (Phi) is 10.2. The molecular formula is C24H41NO2SSi. The number of hydrogen-bond donors (Lipinski definition) is 0. The number of hydrogen-bond acceptors (Lipinski definition) is 4. The van der Waals surface area contributed by atoms with Gasteiger partial charge in [0.25, 0.3) is 0 Å². The van der Waals surface area contributed by atoms with E-state index in [0.29, 0.717) is 0 Å². The lowest BCUT2D eigenvalue weighted by Crippen LogP contribution is -2.44. The Morgan fingerprint density at radius 1 is 1.31 bits per heavy atom. The lowest BCUT2D eigenvalue weighted by molar-refractivity contribution is -0.110. The van der Waals surface area contributed by atoms with Gasteiger partial charge in [0.1, 0.15) is 6.29 Å². The summed E-state index contributed by atoms with van der Waals surface area (Å²) in [4.78, 5) is 15.4. The van der Waals surface area contributed by atoms with E-state index >= 15 is 0 Å². The van der Waals surface area contributed by atoms with Crippen molar-refractivity contribution in [3.8, 4) is 0 Å². The van der Waals surface area contributed by atoms with Gasteiger partial charge in [-0.1, -0.05) is 39.3 Å². The van der Waals surface area contributed by atoms with Crippen LogP contribution in [0.5, 0.6) is 0 Å². The molecule has 1 aromatic rings. The lowest BCUT2D eigenvalue weighted by atomic mass is 10.0. The van der Waals surface area contributed by atoms with Crippen molar-refractivity contribution >= 4 is 32.0 Å². The third kappa shape index (κ3) is 9.10. The summed E-state index contributed by atoms with van der Waals surface area (Å²) in [6.45, 7) is 19.9. The van der Waals surface area contributed by atoms with Crippen LogP contribution in [0.1, 0.15) is 77.9 Å². The summed E-state index contributed by atoms with van der Waals surface area (Å²) in [5, 5.41) is 3.37. The molecule has 1 heterocycles.